The van der Waals surface area contributed by atoms with Crippen LogP contribution >= 0.6 is 23.4 Å². The van der Waals surface area contributed by atoms with Gasteiger partial charge in [-0.05, 0) is 35.9 Å². The van der Waals surface area contributed by atoms with Crippen LogP contribution in [0.15, 0.2) is 18.2 Å². The molecule has 4 heteroatoms. The fourth-order valence-electron chi connectivity index (χ4n) is 1.63. The lowest BCUT2D eigenvalue weighted by Gasteiger charge is -2.11. The Morgan fingerprint density at radius 2 is 2.40 bits per heavy atom. The first-order valence-corrected chi connectivity index (χ1v) is 6.54. The van der Waals surface area contributed by atoms with Gasteiger partial charge in [0.1, 0.15) is 5.82 Å². The molecule has 0 saturated carbocycles. The highest BCUT2D eigenvalue weighted by atomic mass is 35.5. The van der Waals surface area contributed by atoms with Crippen LogP contribution in [0.1, 0.15) is 12.0 Å². The lowest BCUT2D eigenvalue weighted by atomic mass is 10.2. The minimum atomic E-state index is -0.225. The minimum Gasteiger partial charge on any atom is -0.309 e. The lowest BCUT2D eigenvalue weighted by Crippen LogP contribution is -2.28. The predicted octanol–water partition coefficient (Wildman–Crippen LogP) is 3.07. The van der Waals surface area contributed by atoms with E-state index in [0.717, 1.165) is 11.3 Å². The van der Waals surface area contributed by atoms with E-state index in [2.05, 4.69) is 5.32 Å². The van der Waals surface area contributed by atoms with E-state index in [1.54, 1.807) is 6.07 Å². The van der Waals surface area contributed by atoms with Crippen LogP contribution in [0.3, 0.4) is 0 Å². The summed E-state index contributed by atoms with van der Waals surface area (Å²) in [5, 5.41) is 4.03. The molecule has 0 spiro atoms. The molecule has 1 aliphatic rings. The van der Waals surface area contributed by atoms with Crippen LogP contribution in [-0.2, 0) is 6.54 Å². The Balaban J connectivity index is 1.94. The van der Waals surface area contributed by atoms with Crippen LogP contribution in [0.5, 0.6) is 0 Å². The molecular formula is C11H13ClFNS. The second-order valence-corrected chi connectivity index (χ2v) is 5.23. The van der Waals surface area contributed by atoms with Gasteiger partial charge in [0.15, 0.2) is 0 Å². The molecule has 1 unspecified atom stereocenters. The number of benzene rings is 1. The van der Waals surface area contributed by atoms with E-state index in [4.69, 9.17) is 11.6 Å². The van der Waals surface area contributed by atoms with Gasteiger partial charge in [0.2, 0.25) is 0 Å². The van der Waals surface area contributed by atoms with Gasteiger partial charge >= 0.3 is 0 Å². The van der Waals surface area contributed by atoms with Crippen molar-refractivity contribution in [1.29, 1.82) is 0 Å². The van der Waals surface area contributed by atoms with Crippen molar-refractivity contribution >= 4 is 23.4 Å². The number of hydrogen-bond acceptors (Lipinski definition) is 2. The molecule has 0 amide bonds. The van der Waals surface area contributed by atoms with Crippen molar-refractivity contribution in [3.8, 4) is 0 Å². The molecule has 1 saturated heterocycles. The first-order valence-electron chi connectivity index (χ1n) is 5.01. The Bertz CT molecular complexity index is 339. The summed E-state index contributed by atoms with van der Waals surface area (Å²) < 4.78 is 13.0. The van der Waals surface area contributed by atoms with Gasteiger partial charge in [0, 0.05) is 23.4 Å². The zero-order valence-corrected chi connectivity index (χ0v) is 9.87. The number of halogens is 2. The summed E-state index contributed by atoms with van der Waals surface area (Å²) in [5.41, 5.74) is 0.841. The molecule has 82 valence electrons. The molecule has 1 fully saturated rings. The molecule has 0 aromatic heterocycles. The molecule has 1 heterocycles. The summed E-state index contributed by atoms with van der Waals surface area (Å²) in [4.78, 5) is 0. The summed E-state index contributed by atoms with van der Waals surface area (Å²) in [7, 11) is 0. The quantitative estimate of drug-likeness (QED) is 0.879. The van der Waals surface area contributed by atoms with Crippen molar-refractivity contribution in [3.05, 3.63) is 34.6 Å². The Kier molecular flexibility index (Phi) is 3.89. The van der Waals surface area contributed by atoms with Crippen LogP contribution in [-0.4, -0.2) is 17.5 Å². The third-order valence-corrected chi connectivity index (χ3v) is 4.05. The second kappa shape index (κ2) is 5.19. The van der Waals surface area contributed by atoms with Crippen molar-refractivity contribution in [2.75, 3.05) is 11.5 Å². The first-order chi connectivity index (χ1) is 7.25. The zero-order chi connectivity index (χ0) is 10.7. The topological polar surface area (TPSA) is 12.0 Å². The van der Waals surface area contributed by atoms with Gasteiger partial charge < -0.3 is 5.32 Å². The van der Waals surface area contributed by atoms with E-state index in [-0.39, 0.29) is 5.82 Å². The van der Waals surface area contributed by atoms with Gasteiger partial charge in [-0.25, -0.2) is 4.39 Å². The number of thioether (sulfide) groups is 1. The maximum absolute atomic E-state index is 13.0. The molecule has 0 bridgehead atoms. The third-order valence-electron chi connectivity index (χ3n) is 2.52. The molecule has 0 aliphatic carbocycles. The monoisotopic (exact) mass is 245 g/mol. The maximum atomic E-state index is 13.0. The van der Waals surface area contributed by atoms with Crippen LogP contribution in [0.2, 0.25) is 5.02 Å². The smallest absolute Gasteiger partial charge is 0.123 e. The van der Waals surface area contributed by atoms with Gasteiger partial charge in [-0.2, -0.15) is 11.8 Å². The zero-order valence-electron chi connectivity index (χ0n) is 8.30. The molecule has 1 N–H and O–H groups in total. The standard InChI is InChI=1S/C11H13ClFNS/c12-11-2-1-9(13)5-8(11)6-14-10-3-4-15-7-10/h1-2,5,10,14H,3-4,6-7H2. The van der Waals surface area contributed by atoms with Crippen molar-refractivity contribution in [2.24, 2.45) is 0 Å². The van der Waals surface area contributed by atoms with E-state index < -0.39 is 0 Å². The summed E-state index contributed by atoms with van der Waals surface area (Å²) in [6.07, 6.45) is 1.19. The molecule has 1 atom stereocenters. The summed E-state index contributed by atoms with van der Waals surface area (Å²) in [6.45, 7) is 0.655. The molecular weight excluding hydrogens is 233 g/mol. The van der Waals surface area contributed by atoms with E-state index in [1.807, 2.05) is 11.8 Å². The highest BCUT2D eigenvalue weighted by molar-refractivity contribution is 7.99. The normalized spacial score (nSPS) is 20.8. The van der Waals surface area contributed by atoms with Crippen LogP contribution < -0.4 is 5.32 Å². The largest absolute Gasteiger partial charge is 0.309 e. The predicted molar refractivity (Wildman–Crippen MR) is 64.0 cm³/mol. The van der Waals surface area contributed by atoms with E-state index in [0.29, 0.717) is 17.6 Å². The Morgan fingerprint density at radius 3 is 3.13 bits per heavy atom. The molecule has 1 aromatic rings. The fourth-order valence-corrected chi connectivity index (χ4v) is 3.00. The van der Waals surface area contributed by atoms with Crippen LogP contribution in [0.4, 0.5) is 4.39 Å². The second-order valence-electron chi connectivity index (χ2n) is 3.68. The van der Waals surface area contributed by atoms with E-state index >= 15 is 0 Å². The van der Waals surface area contributed by atoms with Gasteiger partial charge in [0.05, 0.1) is 0 Å². The minimum absolute atomic E-state index is 0.225. The maximum Gasteiger partial charge on any atom is 0.123 e. The van der Waals surface area contributed by atoms with Crippen molar-refractivity contribution in [2.45, 2.75) is 19.0 Å². The van der Waals surface area contributed by atoms with Crippen LogP contribution in [0, 0.1) is 5.82 Å². The molecule has 1 aliphatic heterocycles. The molecule has 1 nitrogen and oxygen atoms in total. The average Bonchev–Trinajstić information content (AvgIpc) is 2.72. The molecule has 2 rings (SSSR count). The number of nitrogens with one attached hydrogen (secondary N) is 1. The summed E-state index contributed by atoms with van der Waals surface area (Å²) >= 11 is 7.92. The third kappa shape index (κ3) is 3.10. The van der Waals surface area contributed by atoms with Crippen molar-refractivity contribution in [3.63, 3.8) is 0 Å². The highest BCUT2D eigenvalue weighted by Crippen LogP contribution is 2.20. The average molecular weight is 246 g/mol. The summed E-state index contributed by atoms with van der Waals surface area (Å²) in [6, 6.07) is 5.04. The first kappa shape index (κ1) is 11.2. The Hall–Kier alpha value is -0.250. The lowest BCUT2D eigenvalue weighted by molar-refractivity contribution is 0.554. The Morgan fingerprint density at radius 1 is 1.53 bits per heavy atom. The van der Waals surface area contributed by atoms with E-state index in [1.165, 1.54) is 24.3 Å². The van der Waals surface area contributed by atoms with Gasteiger partial charge in [0.25, 0.3) is 0 Å². The molecule has 0 radical (unpaired) electrons. The van der Waals surface area contributed by atoms with Crippen molar-refractivity contribution < 1.29 is 4.39 Å². The van der Waals surface area contributed by atoms with Crippen molar-refractivity contribution in [1.82, 2.24) is 5.32 Å². The number of hydrogen-bond donors (Lipinski definition) is 1. The SMILES string of the molecule is Fc1ccc(Cl)c(CNC2CCSC2)c1. The summed E-state index contributed by atoms with van der Waals surface area (Å²) in [5.74, 6) is 2.14. The molecule has 1 aromatic carbocycles. The van der Waals surface area contributed by atoms with Crippen LogP contribution in [0.25, 0.3) is 0 Å². The van der Waals surface area contributed by atoms with Gasteiger partial charge in [-0.3, -0.25) is 0 Å². The molecule has 15 heavy (non-hydrogen) atoms. The Labute approximate surface area is 98.4 Å². The fraction of sp³-hybridized carbons (Fsp3) is 0.455. The number of rotatable bonds is 3. The van der Waals surface area contributed by atoms with Gasteiger partial charge in [-0.1, -0.05) is 11.6 Å². The van der Waals surface area contributed by atoms with Gasteiger partial charge in [-0.15, -0.1) is 0 Å². The van der Waals surface area contributed by atoms with E-state index in [9.17, 15) is 4.39 Å². The highest BCUT2D eigenvalue weighted by Gasteiger charge is 2.14.